The van der Waals surface area contributed by atoms with Crippen LogP contribution < -0.4 is 5.73 Å². The molecule has 0 aliphatic heterocycles. The van der Waals surface area contributed by atoms with Gasteiger partial charge in [-0.25, -0.2) is 0 Å². The molecule has 1 aromatic carbocycles. The van der Waals surface area contributed by atoms with Crippen molar-refractivity contribution in [1.82, 2.24) is 4.90 Å². The van der Waals surface area contributed by atoms with Gasteiger partial charge in [-0.2, -0.15) is 0 Å². The largest absolute Gasteiger partial charge is 0.399 e. The van der Waals surface area contributed by atoms with E-state index >= 15 is 0 Å². The zero-order valence-corrected chi connectivity index (χ0v) is 10.9. The lowest BCUT2D eigenvalue weighted by Gasteiger charge is -2.19. The van der Waals surface area contributed by atoms with E-state index in [9.17, 15) is 0 Å². The molecular formula is C14H18N2S. The number of rotatable bonds is 5. The first-order valence-corrected chi connectivity index (χ1v) is 6.75. The van der Waals surface area contributed by atoms with Crippen LogP contribution in [0.3, 0.4) is 0 Å². The predicted octanol–water partition coefficient (Wildman–Crippen LogP) is 3.35. The van der Waals surface area contributed by atoms with Gasteiger partial charge < -0.3 is 5.73 Å². The third kappa shape index (κ3) is 3.58. The molecule has 0 unspecified atom stereocenters. The molecule has 0 atom stereocenters. The maximum atomic E-state index is 5.69. The van der Waals surface area contributed by atoms with Gasteiger partial charge >= 0.3 is 0 Å². The van der Waals surface area contributed by atoms with Crippen LogP contribution >= 0.6 is 11.3 Å². The number of anilines is 1. The summed E-state index contributed by atoms with van der Waals surface area (Å²) in [4.78, 5) is 3.85. The highest BCUT2D eigenvalue weighted by atomic mass is 32.1. The van der Waals surface area contributed by atoms with Crippen LogP contribution in [-0.2, 0) is 13.1 Å². The molecule has 0 saturated heterocycles. The minimum absolute atomic E-state index is 0.829. The topological polar surface area (TPSA) is 29.3 Å². The second-order valence-electron chi connectivity index (χ2n) is 4.12. The Balaban J connectivity index is 1.97. The van der Waals surface area contributed by atoms with E-state index in [1.807, 2.05) is 23.5 Å². The average molecular weight is 246 g/mol. The molecule has 0 radical (unpaired) electrons. The number of benzene rings is 1. The van der Waals surface area contributed by atoms with Crippen molar-refractivity contribution >= 4 is 17.0 Å². The molecule has 0 saturated carbocycles. The Morgan fingerprint density at radius 2 is 1.88 bits per heavy atom. The van der Waals surface area contributed by atoms with Gasteiger partial charge in [0.15, 0.2) is 0 Å². The standard InChI is InChI=1S/C14H18N2S/c1-2-16(11-14-4-3-9-17-14)10-12-5-7-13(15)8-6-12/h3-9H,2,10-11,15H2,1H3. The summed E-state index contributed by atoms with van der Waals surface area (Å²) in [5.41, 5.74) is 7.83. The highest BCUT2D eigenvalue weighted by molar-refractivity contribution is 7.09. The minimum Gasteiger partial charge on any atom is -0.399 e. The molecule has 1 aromatic heterocycles. The Morgan fingerprint density at radius 1 is 1.12 bits per heavy atom. The van der Waals surface area contributed by atoms with Gasteiger partial charge in [0, 0.05) is 23.7 Å². The van der Waals surface area contributed by atoms with Crippen molar-refractivity contribution < 1.29 is 0 Å². The summed E-state index contributed by atoms with van der Waals surface area (Å²) >= 11 is 1.82. The van der Waals surface area contributed by atoms with Crippen LogP contribution in [0, 0.1) is 0 Å². The van der Waals surface area contributed by atoms with Gasteiger partial charge in [0.05, 0.1) is 0 Å². The first kappa shape index (κ1) is 12.1. The maximum absolute atomic E-state index is 5.69. The highest BCUT2D eigenvalue weighted by Gasteiger charge is 2.05. The summed E-state index contributed by atoms with van der Waals surface area (Å²) in [6.45, 7) is 5.26. The van der Waals surface area contributed by atoms with E-state index in [2.05, 4.69) is 41.5 Å². The molecule has 0 bridgehead atoms. The van der Waals surface area contributed by atoms with Crippen molar-refractivity contribution in [2.24, 2.45) is 0 Å². The fourth-order valence-electron chi connectivity index (χ4n) is 1.78. The maximum Gasteiger partial charge on any atom is 0.0331 e. The molecule has 0 amide bonds. The first-order valence-electron chi connectivity index (χ1n) is 5.87. The Kier molecular flexibility index (Phi) is 4.18. The third-order valence-electron chi connectivity index (χ3n) is 2.79. The van der Waals surface area contributed by atoms with Crippen molar-refractivity contribution in [1.29, 1.82) is 0 Å². The second kappa shape index (κ2) is 5.84. The van der Waals surface area contributed by atoms with Gasteiger partial charge in [-0.15, -0.1) is 11.3 Å². The van der Waals surface area contributed by atoms with Gasteiger partial charge in [-0.05, 0) is 35.7 Å². The van der Waals surface area contributed by atoms with E-state index in [1.54, 1.807) is 0 Å². The van der Waals surface area contributed by atoms with E-state index in [1.165, 1.54) is 10.4 Å². The first-order chi connectivity index (χ1) is 8.28. The normalized spacial score (nSPS) is 10.9. The third-order valence-corrected chi connectivity index (χ3v) is 3.65. The number of hydrogen-bond acceptors (Lipinski definition) is 3. The molecule has 17 heavy (non-hydrogen) atoms. The molecule has 2 aromatic rings. The summed E-state index contributed by atoms with van der Waals surface area (Å²) in [5, 5.41) is 2.13. The fourth-order valence-corrected chi connectivity index (χ4v) is 2.53. The summed E-state index contributed by atoms with van der Waals surface area (Å²) in [7, 11) is 0. The van der Waals surface area contributed by atoms with E-state index in [0.29, 0.717) is 0 Å². The summed E-state index contributed by atoms with van der Waals surface area (Å²) < 4.78 is 0. The monoisotopic (exact) mass is 246 g/mol. The molecule has 3 heteroatoms. The van der Waals surface area contributed by atoms with Crippen molar-refractivity contribution in [3.8, 4) is 0 Å². The molecule has 0 fully saturated rings. The summed E-state index contributed by atoms with van der Waals surface area (Å²) in [6.07, 6.45) is 0. The van der Waals surface area contributed by atoms with Gasteiger partial charge in [-0.3, -0.25) is 4.90 Å². The van der Waals surface area contributed by atoms with E-state index in [0.717, 1.165) is 25.3 Å². The number of nitrogens with two attached hydrogens (primary N) is 1. The molecule has 0 aliphatic carbocycles. The Bertz CT molecular complexity index is 434. The summed E-state index contributed by atoms with van der Waals surface area (Å²) in [6, 6.07) is 12.4. The zero-order chi connectivity index (χ0) is 12.1. The van der Waals surface area contributed by atoms with Crippen LogP contribution in [0.15, 0.2) is 41.8 Å². The molecule has 90 valence electrons. The van der Waals surface area contributed by atoms with Crippen molar-refractivity contribution in [3.63, 3.8) is 0 Å². The average Bonchev–Trinajstić information content (AvgIpc) is 2.84. The minimum atomic E-state index is 0.829. The molecule has 2 N–H and O–H groups in total. The molecule has 0 aliphatic rings. The number of thiophene rings is 1. The molecular weight excluding hydrogens is 228 g/mol. The molecule has 1 heterocycles. The van der Waals surface area contributed by atoms with Crippen LogP contribution in [0.25, 0.3) is 0 Å². The molecule has 2 nitrogen and oxygen atoms in total. The SMILES string of the molecule is CCN(Cc1ccc(N)cc1)Cc1cccs1. The predicted molar refractivity (Wildman–Crippen MR) is 75.0 cm³/mol. The lowest BCUT2D eigenvalue weighted by Crippen LogP contribution is -2.21. The lowest BCUT2D eigenvalue weighted by atomic mass is 10.2. The van der Waals surface area contributed by atoms with Crippen LogP contribution in [-0.4, -0.2) is 11.4 Å². The second-order valence-corrected chi connectivity index (χ2v) is 5.16. The Hall–Kier alpha value is -1.32. The van der Waals surface area contributed by atoms with E-state index < -0.39 is 0 Å². The van der Waals surface area contributed by atoms with Gasteiger partial charge in [0.25, 0.3) is 0 Å². The van der Waals surface area contributed by atoms with Gasteiger partial charge in [0.1, 0.15) is 0 Å². The Morgan fingerprint density at radius 3 is 2.47 bits per heavy atom. The number of nitrogen functional groups attached to an aromatic ring is 1. The van der Waals surface area contributed by atoms with Crippen LogP contribution in [0.2, 0.25) is 0 Å². The van der Waals surface area contributed by atoms with Crippen molar-refractivity contribution in [2.45, 2.75) is 20.0 Å². The van der Waals surface area contributed by atoms with Crippen molar-refractivity contribution in [2.75, 3.05) is 12.3 Å². The van der Waals surface area contributed by atoms with Gasteiger partial charge in [0.2, 0.25) is 0 Å². The Labute approximate surface area is 107 Å². The summed E-state index contributed by atoms with van der Waals surface area (Å²) in [5.74, 6) is 0. The van der Waals surface area contributed by atoms with Crippen LogP contribution in [0.1, 0.15) is 17.4 Å². The molecule has 2 rings (SSSR count). The molecule has 0 spiro atoms. The zero-order valence-electron chi connectivity index (χ0n) is 10.1. The fraction of sp³-hybridized carbons (Fsp3) is 0.286. The van der Waals surface area contributed by atoms with Crippen LogP contribution in [0.5, 0.6) is 0 Å². The van der Waals surface area contributed by atoms with E-state index in [4.69, 9.17) is 5.73 Å². The smallest absolute Gasteiger partial charge is 0.0331 e. The van der Waals surface area contributed by atoms with E-state index in [-0.39, 0.29) is 0 Å². The lowest BCUT2D eigenvalue weighted by molar-refractivity contribution is 0.274. The van der Waals surface area contributed by atoms with Gasteiger partial charge in [-0.1, -0.05) is 25.1 Å². The van der Waals surface area contributed by atoms with Crippen LogP contribution in [0.4, 0.5) is 5.69 Å². The quantitative estimate of drug-likeness (QED) is 0.820. The van der Waals surface area contributed by atoms with Crippen molar-refractivity contribution in [3.05, 3.63) is 52.2 Å². The number of nitrogens with zero attached hydrogens (tertiary/aromatic N) is 1. The highest BCUT2D eigenvalue weighted by Crippen LogP contribution is 2.14. The number of hydrogen-bond donors (Lipinski definition) is 1.